The fourth-order valence-electron chi connectivity index (χ4n) is 1.97. The number of nitrogens with zero attached hydrogens (tertiary/aromatic N) is 2. The molecule has 0 fully saturated rings. The van der Waals surface area contributed by atoms with E-state index in [0.29, 0.717) is 24.5 Å². The molecule has 0 saturated heterocycles. The fourth-order valence-corrected chi connectivity index (χ4v) is 1.97. The Hall–Kier alpha value is -1.82. The van der Waals surface area contributed by atoms with Gasteiger partial charge in [-0.05, 0) is 31.3 Å². The van der Waals surface area contributed by atoms with Crippen molar-refractivity contribution in [1.82, 2.24) is 15.2 Å². The first-order valence-electron chi connectivity index (χ1n) is 7.22. The molecule has 7 heteroatoms. The number of pyridine rings is 1. The van der Waals surface area contributed by atoms with Gasteiger partial charge in [0, 0.05) is 43.7 Å². The SMILES string of the molecule is CNCCN(C)C(=O)c1cccc(OCc2cccnc2)c1.Cl.Cl. The van der Waals surface area contributed by atoms with Crippen LogP contribution < -0.4 is 10.1 Å². The first kappa shape index (κ1) is 22.2. The normalized spacial score (nSPS) is 9.42. The van der Waals surface area contributed by atoms with Gasteiger partial charge < -0.3 is 15.0 Å². The molecule has 24 heavy (non-hydrogen) atoms. The van der Waals surface area contributed by atoms with Gasteiger partial charge in [0.2, 0.25) is 0 Å². The van der Waals surface area contributed by atoms with Crippen molar-refractivity contribution in [2.45, 2.75) is 6.61 Å². The monoisotopic (exact) mass is 371 g/mol. The maximum Gasteiger partial charge on any atom is 0.253 e. The molecule has 1 heterocycles. The Morgan fingerprint density at radius 3 is 2.71 bits per heavy atom. The quantitative estimate of drug-likeness (QED) is 0.812. The van der Waals surface area contributed by atoms with Gasteiger partial charge in [-0.2, -0.15) is 0 Å². The second kappa shape index (κ2) is 11.7. The van der Waals surface area contributed by atoms with E-state index in [1.807, 2.05) is 31.3 Å². The van der Waals surface area contributed by atoms with E-state index in [-0.39, 0.29) is 30.7 Å². The molecule has 0 radical (unpaired) electrons. The lowest BCUT2D eigenvalue weighted by Crippen LogP contribution is -2.32. The van der Waals surface area contributed by atoms with E-state index in [2.05, 4.69) is 10.3 Å². The summed E-state index contributed by atoms with van der Waals surface area (Å²) in [7, 11) is 3.66. The number of amides is 1. The Labute approximate surface area is 155 Å². The number of likely N-dealkylation sites (N-methyl/N-ethyl adjacent to an activating group) is 2. The van der Waals surface area contributed by atoms with Crippen molar-refractivity contribution >= 4 is 30.7 Å². The minimum absolute atomic E-state index is 0. The van der Waals surface area contributed by atoms with Crippen LogP contribution in [0.25, 0.3) is 0 Å². The van der Waals surface area contributed by atoms with Crippen molar-refractivity contribution in [3.63, 3.8) is 0 Å². The summed E-state index contributed by atoms with van der Waals surface area (Å²) >= 11 is 0. The standard InChI is InChI=1S/C17H21N3O2.2ClH/c1-18-9-10-20(2)17(21)15-6-3-7-16(11-15)22-13-14-5-4-8-19-12-14;;/h3-8,11-12,18H,9-10,13H2,1-2H3;2*1H. The van der Waals surface area contributed by atoms with Crippen LogP contribution in [0.15, 0.2) is 48.8 Å². The van der Waals surface area contributed by atoms with Crippen molar-refractivity contribution in [1.29, 1.82) is 0 Å². The highest BCUT2D eigenvalue weighted by Crippen LogP contribution is 2.16. The number of ether oxygens (including phenoxy) is 1. The molecule has 1 aromatic carbocycles. The number of nitrogens with one attached hydrogen (secondary N) is 1. The summed E-state index contributed by atoms with van der Waals surface area (Å²) in [6.45, 7) is 1.86. The average Bonchev–Trinajstić information content (AvgIpc) is 2.58. The van der Waals surface area contributed by atoms with Crippen LogP contribution in [-0.2, 0) is 6.61 Å². The second-order valence-electron chi connectivity index (χ2n) is 5.01. The van der Waals surface area contributed by atoms with Gasteiger partial charge in [-0.15, -0.1) is 24.8 Å². The van der Waals surface area contributed by atoms with Gasteiger partial charge in [-0.1, -0.05) is 12.1 Å². The Kier molecular flexibility index (Phi) is 10.8. The predicted molar refractivity (Wildman–Crippen MR) is 100 cm³/mol. The van der Waals surface area contributed by atoms with E-state index in [9.17, 15) is 4.79 Å². The molecule has 1 N–H and O–H groups in total. The van der Waals surface area contributed by atoms with Crippen molar-refractivity contribution in [2.75, 3.05) is 27.2 Å². The zero-order valence-corrected chi connectivity index (χ0v) is 15.4. The molecule has 0 spiro atoms. The summed E-state index contributed by atoms with van der Waals surface area (Å²) in [5.41, 5.74) is 1.62. The largest absolute Gasteiger partial charge is 0.489 e. The van der Waals surface area contributed by atoms with Gasteiger partial charge in [-0.3, -0.25) is 9.78 Å². The number of hydrogen-bond donors (Lipinski definition) is 1. The van der Waals surface area contributed by atoms with Crippen LogP contribution in [0.1, 0.15) is 15.9 Å². The van der Waals surface area contributed by atoms with Gasteiger partial charge in [0.05, 0.1) is 0 Å². The second-order valence-corrected chi connectivity index (χ2v) is 5.01. The Morgan fingerprint density at radius 2 is 2.04 bits per heavy atom. The van der Waals surface area contributed by atoms with E-state index in [1.54, 1.807) is 36.5 Å². The number of carbonyl (C=O) groups is 1. The van der Waals surface area contributed by atoms with Crippen molar-refractivity contribution in [2.24, 2.45) is 0 Å². The Bertz CT molecular complexity index is 612. The van der Waals surface area contributed by atoms with Crippen LogP contribution in [0, 0.1) is 0 Å². The van der Waals surface area contributed by atoms with Crippen LogP contribution in [-0.4, -0.2) is 43.0 Å². The summed E-state index contributed by atoms with van der Waals surface area (Å²) in [6, 6.07) is 11.1. The molecule has 0 bridgehead atoms. The zero-order valence-electron chi connectivity index (χ0n) is 13.8. The van der Waals surface area contributed by atoms with Crippen molar-refractivity contribution in [3.05, 3.63) is 59.9 Å². The summed E-state index contributed by atoms with van der Waals surface area (Å²) < 4.78 is 5.72. The zero-order chi connectivity index (χ0) is 15.8. The molecule has 132 valence electrons. The highest BCUT2D eigenvalue weighted by molar-refractivity contribution is 5.94. The fraction of sp³-hybridized carbons (Fsp3) is 0.294. The number of aromatic nitrogens is 1. The van der Waals surface area contributed by atoms with Crippen LogP contribution in [0.3, 0.4) is 0 Å². The lowest BCUT2D eigenvalue weighted by molar-refractivity contribution is 0.0796. The van der Waals surface area contributed by atoms with Crippen LogP contribution in [0.4, 0.5) is 0 Å². The van der Waals surface area contributed by atoms with E-state index < -0.39 is 0 Å². The molecular formula is C17H23Cl2N3O2. The summed E-state index contributed by atoms with van der Waals surface area (Å²) in [5, 5.41) is 3.03. The van der Waals surface area contributed by atoms with E-state index >= 15 is 0 Å². The first-order chi connectivity index (χ1) is 10.7. The number of carbonyl (C=O) groups excluding carboxylic acids is 1. The Morgan fingerprint density at radius 1 is 1.25 bits per heavy atom. The third-order valence-corrected chi connectivity index (χ3v) is 3.25. The van der Waals surface area contributed by atoms with Crippen LogP contribution in [0.2, 0.25) is 0 Å². The van der Waals surface area contributed by atoms with Crippen LogP contribution in [0.5, 0.6) is 5.75 Å². The first-order valence-corrected chi connectivity index (χ1v) is 7.22. The number of hydrogen-bond acceptors (Lipinski definition) is 4. The molecule has 2 aromatic rings. The minimum Gasteiger partial charge on any atom is -0.489 e. The topological polar surface area (TPSA) is 54.5 Å². The maximum absolute atomic E-state index is 12.3. The molecule has 1 amide bonds. The highest BCUT2D eigenvalue weighted by Gasteiger charge is 2.11. The molecule has 0 aliphatic heterocycles. The van der Waals surface area contributed by atoms with Crippen molar-refractivity contribution < 1.29 is 9.53 Å². The number of halogens is 2. The molecule has 5 nitrogen and oxygen atoms in total. The molecule has 0 saturated carbocycles. The molecule has 0 aliphatic carbocycles. The third kappa shape index (κ3) is 6.74. The van der Waals surface area contributed by atoms with E-state index in [4.69, 9.17) is 4.74 Å². The third-order valence-electron chi connectivity index (χ3n) is 3.25. The highest BCUT2D eigenvalue weighted by atomic mass is 35.5. The molecule has 1 aromatic heterocycles. The number of rotatable bonds is 7. The molecule has 0 atom stereocenters. The smallest absolute Gasteiger partial charge is 0.253 e. The summed E-state index contributed by atoms with van der Waals surface area (Å²) in [5.74, 6) is 0.666. The van der Waals surface area contributed by atoms with Gasteiger partial charge in [0.1, 0.15) is 12.4 Å². The lowest BCUT2D eigenvalue weighted by Gasteiger charge is -2.17. The van der Waals surface area contributed by atoms with Gasteiger partial charge in [-0.25, -0.2) is 0 Å². The summed E-state index contributed by atoms with van der Waals surface area (Å²) in [4.78, 5) is 18.0. The molecule has 0 unspecified atom stereocenters. The Balaban J connectivity index is 0.00000264. The minimum atomic E-state index is -0.0120. The number of benzene rings is 1. The van der Waals surface area contributed by atoms with Gasteiger partial charge in [0.15, 0.2) is 0 Å². The molecular weight excluding hydrogens is 349 g/mol. The summed E-state index contributed by atoms with van der Waals surface area (Å²) in [6.07, 6.45) is 3.49. The molecule has 2 rings (SSSR count). The average molecular weight is 372 g/mol. The van der Waals surface area contributed by atoms with E-state index in [0.717, 1.165) is 12.1 Å². The van der Waals surface area contributed by atoms with Crippen LogP contribution >= 0.6 is 24.8 Å². The van der Waals surface area contributed by atoms with Gasteiger partial charge >= 0.3 is 0 Å². The van der Waals surface area contributed by atoms with Crippen molar-refractivity contribution in [3.8, 4) is 5.75 Å². The molecule has 0 aliphatic rings. The maximum atomic E-state index is 12.3. The lowest BCUT2D eigenvalue weighted by atomic mass is 10.2. The predicted octanol–water partition coefficient (Wildman–Crippen LogP) is 2.80. The van der Waals surface area contributed by atoms with Gasteiger partial charge in [0.25, 0.3) is 5.91 Å². The van der Waals surface area contributed by atoms with E-state index in [1.165, 1.54) is 0 Å².